The number of carbonyl (C=O) groups is 2. The van der Waals surface area contributed by atoms with Crippen LogP contribution in [-0.4, -0.2) is 64.4 Å². The molecule has 0 radical (unpaired) electrons. The van der Waals surface area contributed by atoms with Crippen molar-refractivity contribution in [3.63, 3.8) is 0 Å². The predicted molar refractivity (Wildman–Crippen MR) is 142 cm³/mol. The van der Waals surface area contributed by atoms with Crippen LogP contribution in [0.25, 0.3) is 11.3 Å². The first-order valence-electron chi connectivity index (χ1n) is 12.9. The lowest BCUT2D eigenvalue weighted by Gasteiger charge is -2.51. The van der Waals surface area contributed by atoms with E-state index >= 15 is 0 Å². The molecule has 1 spiro atoms. The Morgan fingerprint density at radius 1 is 1.05 bits per heavy atom. The van der Waals surface area contributed by atoms with Gasteiger partial charge in [0, 0.05) is 49.0 Å². The summed E-state index contributed by atoms with van der Waals surface area (Å²) >= 11 is 1.37. The molecule has 2 aliphatic heterocycles. The number of benzene rings is 1. The van der Waals surface area contributed by atoms with Gasteiger partial charge in [0.05, 0.1) is 36.3 Å². The van der Waals surface area contributed by atoms with Crippen LogP contribution in [0.4, 0.5) is 0 Å². The highest BCUT2D eigenvalue weighted by Crippen LogP contribution is 2.54. The molecule has 4 heterocycles. The minimum atomic E-state index is -0.117. The number of amides is 2. The van der Waals surface area contributed by atoms with Crippen LogP contribution in [0.5, 0.6) is 0 Å². The summed E-state index contributed by atoms with van der Waals surface area (Å²) in [6, 6.07) is 16.1. The maximum absolute atomic E-state index is 13.1. The normalized spacial score (nSPS) is 23.2. The second kappa shape index (κ2) is 9.33. The fourth-order valence-electron chi connectivity index (χ4n) is 5.87. The van der Waals surface area contributed by atoms with E-state index in [9.17, 15) is 9.59 Å². The van der Waals surface area contributed by atoms with E-state index in [4.69, 9.17) is 9.72 Å². The number of hydrogen-bond acceptors (Lipinski definition) is 6. The molecule has 2 amide bonds. The molecule has 8 heteroatoms. The lowest BCUT2D eigenvalue weighted by molar-refractivity contribution is -0.148. The lowest BCUT2D eigenvalue weighted by Crippen LogP contribution is -2.63. The third-order valence-corrected chi connectivity index (χ3v) is 9.08. The standard InChI is InChI=1S/C29H32N4O3S/c1-28(2)11-23(28)26(34)33-17-29(18-33)16-32(27(35)25-12-30-19-37-25)13-21(29)14-36-15-22-9-6-10-24(31-22)20-7-4-3-5-8-20/h3-10,12,19,21,23H,11,13-18H2,1-2H3/t21-,23+/m0/s1. The number of ether oxygens (including phenoxy) is 1. The second-order valence-corrected chi connectivity index (χ2v) is 12.3. The van der Waals surface area contributed by atoms with Crippen LogP contribution in [0, 0.1) is 22.7 Å². The molecule has 6 rings (SSSR count). The maximum Gasteiger partial charge on any atom is 0.265 e. The summed E-state index contributed by atoms with van der Waals surface area (Å²) in [6.07, 6.45) is 2.60. The molecule has 3 aromatic rings. The number of nitrogens with zero attached hydrogens (tertiary/aromatic N) is 4. The van der Waals surface area contributed by atoms with Gasteiger partial charge in [-0.15, -0.1) is 11.3 Å². The second-order valence-electron chi connectivity index (χ2n) is 11.4. The number of carbonyl (C=O) groups excluding carboxylic acids is 2. The van der Waals surface area contributed by atoms with E-state index in [1.807, 2.05) is 46.2 Å². The molecule has 3 aliphatic rings. The zero-order valence-electron chi connectivity index (χ0n) is 21.3. The van der Waals surface area contributed by atoms with Gasteiger partial charge in [-0.25, -0.2) is 0 Å². The summed E-state index contributed by atoms with van der Waals surface area (Å²) in [5.74, 6) is 0.593. The Morgan fingerprint density at radius 3 is 2.51 bits per heavy atom. The third-order valence-electron chi connectivity index (χ3n) is 8.32. The first-order chi connectivity index (χ1) is 17.8. The first kappa shape index (κ1) is 24.2. The summed E-state index contributed by atoms with van der Waals surface area (Å²) < 4.78 is 6.22. The van der Waals surface area contributed by atoms with Crippen molar-refractivity contribution in [3.8, 4) is 11.3 Å². The Bertz CT molecular complexity index is 1290. The van der Waals surface area contributed by atoms with E-state index in [2.05, 4.69) is 31.0 Å². The van der Waals surface area contributed by atoms with Gasteiger partial charge in [-0.3, -0.25) is 19.6 Å². The highest BCUT2D eigenvalue weighted by atomic mass is 32.1. The van der Waals surface area contributed by atoms with Gasteiger partial charge in [0.15, 0.2) is 0 Å². The molecule has 3 fully saturated rings. The average molecular weight is 517 g/mol. The van der Waals surface area contributed by atoms with E-state index in [0.29, 0.717) is 44.3 Å². The smallest absolute Gasteiger partial charge is 0.265 e. The molecular formula is C29H32N4O3S. The molecule has 2 saturated heterocycles. The average Bonchev–Trinajstić information content (AvgIpc) is 3.26. The van der Waals surface area contributed by atoms with Crippen LogP contribution in [0.3, 0.4) is 0 Å². The molecule has 37 heavy (non-hydrogen) atoms. The van der Waals surface area contributed by atoms with Crippen molar-refractivity contribution in [2.24, 2.45) is 22.7 Å². The van der Waals surface area contributed by atoms with E-state index < -0.39 is 0 Å². The molecule has 0 bridgehead atoms. The van der Waals surface area contributed by atoms with Crippen molar-refractivity contribution in [2.75, 3.05) is 32.8 Å². The first-order valence-corrected chi connectivity index (χ1v) is 13.8. The Morgan fingerprint density at radius 2 is 1.81 bits per heavy atom. The van der Waals surface area contributed by atoms with E-state index in [1.54, 1.807) is 11.7 Å². The van der Waals surface area contributed by atoms with Crippen LogP contribution in [0.2, 0.25) is 0 Å². The van der Waals surface area contributed by atoms with Gasteiger partial charge in [0.25, 0.3) is 5.91 Å². The highest BCUT2D eigenvalue weighted by molar-refractivity contribution is 7.11. The van der Waals surface area contributed by atoms with Gasteiger partial charge in [0.1, 0.15) is 4.88 Å². The molecule has 2 aromatic heterocycles. The monoisotopic (exact) mass is 516 g/mol. The Hall–Kier alpha value is -3.10. The summed E-state index contributed by atoms with van der Waals surface area (Å²) in [5.41, 5.74) is 4.58. The lowest BCUT2D eigenvalue weighted by atomic mass is 9.71. The molecule has 1 aromatic carbocycles. The van der Waals surface area contributed by atoms with Gasteiger partial charge in [-0.1, -0.05) is 50.2 Å². The predicted octanol–water partition coefficient (Wildman–Crippen LogP) is 4.37. The van der Waals surface area contributed by atoms with Gasteiger partial charge in [-0.2, -0.15) is 0 Å². The van der Waals surface area contributed by atoms with Crippen molar-refractivity contribution in [2.45, 2.75) is 26.9 Å². The quantitative estimate of drug-likeness (QED) is 0.466. The molecule has 192 valence electrons. The van der Waals surface area contributed by atoms with Gasteiger partial charge < -0.3 is 14.5 Å². The Labute approximate surface area is 221 Å². The molecular weight excluding hydrogens is 484 g/mol. The van der Waals surface area contributed by atoms with Gasteiger partial charge >= 0.3 is 0 Å². The number of pyridine rings is 1. The van der Waals surface area contributed by atoms with E-state index in [1.165, 1.54) is 11.3 Å². The maximum atomic E-state index is 13.1. The summed E-state index contributed by atoms with van der Waals surface area (Å²) in [5, 5.41) is 0. The van der Waals surface area contributed by atoms with E-state index in [0.717, 1.165) is 23.4 Å². The Kier molecular flexibility index (Phi) is 6.12. The number of likely N-dealkylation sites (tertiary alicyclic amines) is 2. The van der Waals surface area contributed by atoms with Crippen molar-refractivity contribution in [1.82, 2.24) is 19.8 Å². The number of aromatic nitrogens is 2. The zero-order chi connectivity index (χ0) is 25.6. The topological polar surface area (TPSA) is 75.6 Å². The number of hydrogen-bond donors (Lipinski definition) is 0. The molecule has 1 aliphatic carbocycles. The summed E-state index contributed by atoms with van der Waals surface area (Å²) in [6.45, 7) is 7.93. The number of thiazole rings is 1. The van der Waals surface area contributed by atoms with Crippen molar-refractivity contribution >= 4 is 23.2 Å². The third kappa shape index (κ3) is 4.68. The largest absolute Gasteiger partial charge is 0.375 e. The van der Waals surface area contributed by atoms with Crippen LogP contribution >= 0.6 is 11.3 Å². The van der Waals surface area contributed by atoms with Crippen LogP contribution < -0.4 is 0 Å². The van der Waals surface area contributed by atoms with E-state index in [-0.39, 0.29) is 34.5 Å². The van der Waals surface area contributed by atoms with Crippen LogP contribution in [0.15, 0.2) is 60.2 Å². The van der Waals surface area contributed by atoms with Crippen molar-refractivity contribution in [3.05, 3.63) is 70.8 Å². The van der Waals surface area contributed by atoms with Gasteiger partial charge in [-0.05, 0) is 24.0 Å². The van der Waals surface area contributed by atoms with Crippen LogP contribution in [0.1, 0.15) is 35.6 Å². The van der Waals surface area contributed by atoms with Crippen molar-refractivity contribution < 1.29 is 14.3 Å². The SMILES string of the molecule is CC1(C)C[C@@H]1C(=O)N1CC2(CN(C(=O)c3cncs3)C[C@H]2COCc2cccc(-c3ccccc3)n2)C1. The van der Waals surface area contributed by atoms with Crippen LogP contribution in [-0.2, 0) is 16.1 Å². The fourth-order valence-corrected chi connectivity index (χ4v) is 6.45. The minimum absolute atomic E-state index is 0.0229. The molecule has 2 atom stereocenters. The zero-order valence-corrected chi connectivity index (χ0v) is 22.1. The Balaban J connectivity index is 1.12. The highest BCUT2D eigenvalue weighted by Gasteiger charge is 2.60. The van der Waals surface area contributed by atoms with Gasteiger partial charge in [0.2, 0.25) is 5.91 Å². The molecule has 7 nitrogen and oxygen atoms in total. The summed E-state index contributed by atoms with van der Waals surface area (Å²) in [4.78, 5) is 39.6. The fraction of sp³-hybridized carbons (Fsp3) is 0.448. The molecule has 1 saturated carbocycles. The minimum Gasteiger partial charge on any atom is -0.375 e. The molecule has 0 N–H and O–H groups in total. The summed E-state index contributed by atoms with van der Waals surface area (Å²) in [7, 11) is 0. The van der Waals surface area contributed by atoms with Crippen molar-refractivity contribution in [1.29, 1.82) is 0 Å². The number of rotatable bonds is 7. The molecule has 0 unspecified atom stereocenters.